The molecule has 0 unspecified atom stereocenters. The van der Waals surface area contributed by atoms with Crippen LogP contribution in [-0.4, -0.2) is 70.4 Å². The minimum Gasteiger partial charge on any atom is -0.491 e. The number of hydrogen-bond donors (Lipinski definition) is 2. The number of aryl methyl sites for hydroxylation is 1. The molecule has 1 aliphatic heterocycles. The lowest BCUT2D eigenvalue weighted by molar-refractivity contribution is -0.121. The molecule has 1 aliphatic rings. The van der Waals surface area contributed by atoms with Crippen LogP contribution < -0.4 is 15.4 Å². The molecule has 0 spiro atoms. The van der Waals surface area contributed by atoms with E-state index in [-0.39, 0.29) is 43.8 Å². The fourth-order valence-corrected chi connectivity index (χ4v) is 3.83. The van der Waals surface area contributed by atoms with Crippen molar-refractivity contribution in [2.45, 2.75) is 19.8 Å². The molecule has 0 saturated heterocycles. The summed E-state index contributed by atoms with van der Waals surface area (Å²) in [6.07, 6.45) is 2.16. The molecular formula is C25H28N6O4. The molecule has 10 nitrogen and oxygen atoms in total. The molecule has 3 aromatic rings. The highest BCUT2D eigenvalue weighted by Crippen LogP contribution is 2.20. The molecule has 0 aliphatic carbocycles. The molecule has 0 radical (unpaired) electrons. The third kappa shape index (κ3) is 6.03. The number of nitrogens with one attached hydrogen (secondary N) is 2. The van der Waals surface area contributed by atoms with Crippen molar-refractivity contribution >= 4 is 17.7 Å². The zero-order valence-corrected chi connectivity index (χ0v) is 19.6. The molecule has 0 fully saturated rings. The Hall–Kier alpha value is -4.21. The summed E-state index contributed by atoms with van der Waals surface area (Å²) < 4.78 is 7.23. The zero-order chi connectivity index (χ0) is 24.6. The Morgan fingerprint density at radius 2 is 1.86 bits per heavy atom. The predicted molar refractivity (Wildman–Crippen MR) is 129 cm³/mol. The summed E-state index contributed by atoms with van der Waals surface area (Å²) in [5, 5.41) is 13.7. The van der Waals surface area contributed by atoms with E-state index in [2.05, 4.69) is 20.9 Å². The normalized spacial score (nSPS) is 15.6. The average Bonchev–Trinajstić information content (AvgIpc) is 3.36. The third-order valence-corrected chi connectivity index (χ3v) is 5.62. The molecule has 3 amide bonds. The first-order valence-corrected chi connectivity index (χ1v) is 11.6. The van der Waals surface area contributed by atoms with Gasteiger partial charge in [0.05, 0.1) is 24.0 Å². The van der Waals surface area contributed by atoms with Crippen LogP contribution >= 0.6 is 0 Å². The monoisotopic (exact) mass is 476 g/mol. The van der Waals surface area contributed by atoms with Crippen molar-refractivity contribution in [2.75, 3.05) is 32.8 Å². The van der Waals surface area contributed by atoms with E-state index >= 15 is 0 Å². The number of benzene rings is 2. The first-order chi connectivity index (χ1) is 17.0. The number of para-hydroxylation sites is 1. The lowest BCUT2D eigenvalue weighted by atomic mass is 10.1. The molecule has 0 bridgehead atoms. The van der Waals surface area contributed by atoms with Gasteiger partial charge >= 0.3 is 0 Å². The Balaban J connectivity index is 1.54. The van der Waals surface area contributed by atoms with E-state index in [1.165, 1.54) is 10.9 Å². The smallest absolute Gasteiger partial charge is 0.274 e. The lowest BCUT2D eigenvalue weighted by Crippen LogP contribution is -2.40. The molecule has 4 rings (SSSR count). The van der Waals surface area contributed by atoms with Crippen molar-refractivity contribution in [1.29, 1.82) is 0 Å². The largest absolute Gasteiger partial charge is 0.491 e. The Labute approximate surface area is 203 Å². The zero-order valence-electron chi connectivity index (χ0n) is 19.6. The fraction of sp³-hybridized carbons (Fsp3) is 0.320. The Morgan fingerprint density at radius 3 is 2.69 bits per heavy atom. The number of nitrogens with zero attached hydrogens (tertiary/aromatic N) is 4. The quantitative estimate of drug-likeness (QED) is 0.582. The summed E-state index contributed by atoms with van der Waals surface area (Å²) in [6, 6.07) is 14.6. The van der Waals surface area contributed by atoms with Crippen molar-refractivity contribution in [3.63, 3.8) is 0 Å². The highest BCUT2D eigenvalue weighted by molar-refractivity contribution is 5.97. The number of carbonyl (C=O) groups is 3. The highest BCUT2D eigenvalue weighted by Gasteiger charge is 2.22. The summed E-state index contributed by atoms with van der Waals surface area (Å²) in [6.45, 7) is 3.29. The van der Waals surface area contributed by atoms with Crippen LogP contribution in [0.4, 0.5) is 0 Å². The van der Waals surface area contributed by atoms with Gasteiger partial charge in [-0.05, 0) is 37.6 Å². The second-order valence-electron chi connectivity index (χ2n) is 8.22. The number of rotatable bonds is 2. The Morgan fingerprint density at radius 1 is 1.03 bits per heavy atom. The molecule has 0 saturated carbocycles. The summed E-state index contributed by atoms with van der Waals surface area (Å²) in [5.74, 6) is -0.239. The summed E-state index contributed by atoms with van der Waals surface area (Å²) in [7, 11) is 0. The second-order valence-corrected chi connectivity index (χ2v) is 8.22. The number of aromatic nitrogens is 3. The maximum absolute atomic E-state index is 13.4. The maximum Gasteiger partial charge on any atom is 0.274 e. The van der Waals surface area contributed by atoms with Crippen LogP contribution in [0.2, 0.25) is 0 Å². The van der Waals surface area contributed by atoms with E-state index in [0.29, 0.717) is 42.2 Å². The average molecular weight is 477 g/mol. The minimum absolute atomic E-state index is 0.120. The first-order valence-electron chi connectivity index (χ1n) is 11.6. The van der Waals surface area contributed by atoms with Crippen LogP contribution in [0.25, 0.3) is 5.69 Å². The third-order valence-electron chi connectivity index (χ3n) is 5.62. The summed E-state index contributed by atoms with van der Waals surface area (Å²) in [5.41, 5.74) is 2.35. The number of hydrogen-bond acceptors (Lipinski definition) is 6. The van der Waals surface area contributed by atoms with Gasteiger partial charge in [-0.2, -0.15) is 0 Å². The predicted octanol–water partition coefficient (Wildman–Crippen LogP) is 1.74. The van der Waals surface area contributed by atoms with Crippen molar-refractivity contribution in [1.82, 2.24) is 30.5 Å². The van der Waals surface area contributed by atoms with Gasteiger partial charge in [0, 0.05) is 26.1 Å². The standard InChI is InChI=1S/C25H28N6O4/c1-18-9-10-22-20(16-18)24(33)27-11-14-30(13-5-8-23(32)26-12-15-35-22)25(34)21-17-28-29-31(21)19-6-3-2-4-7-19/h2-4,6-7,9-10,16-17H,5,8,11-15H2,1H3,(H,26,32)(H,27,33). The molecule has 35 heavy (non-hydrogen) atoms. The molecule has 0 atom stereocenters. The Kier molecular flexibility index (Phi) is 7.71. The number of ether oxygens (including phenoxy) is 1. The minimum atomic E-state index is -0.286. The molecular weight excluding hydrogens is 448 g/mol. The van der Waals surface area contributed by atoms with E-state index < -0.39 is 0 Å². The lowest BCUT2D eigenvalue weighted by Gasteiger charge is -2.23. The molecule has 2 aromatic carbocycles. The van der Waals surface area contributed by atoms with Gasteiger partial charge in [0.25, 0.3) is 11.8 Å². The van der Waals surface area contributed by atoms with Gasteiger partial charge in [0.2, 0.25) is 5.91 Å². The molecule has 10 heteroatoms. The van der Waals surface area contributed by atoms with Crippen molar-refractivity contribution in [2.24, 2.45) is 0 Å². The molecule has 2 heterocycles. The van der Waals surface area contributed by atoms with E-state index in [1.807, 2.05) is 43.3 Å². The fourth-order valence-electron chi connectivity index (χ4n) is 3.83. The number of amides is 3. The number of carbonyl (C=O) groups excluding carboxylic acids is 3. The van der Waals surface area contributed by atoms with Crippen molar-refractivity contribution in [3.8, 4) is 11.4 Å². The SMILES string of the molecule is Cc1ccc2c(c1)C(=O)NCCN(C(=O)c1cnnn1-c1ccccc1)CCCC(=O)NCCO2. The molecule has 182 valence electrons. The van der Waals surface area contributed by atoms with Gasteiger partial charge in [-0.3, -0.25) is 14.4 Å². The summed E-state index contributed by atoms with van der Waals surface area (Å²) >= 11 is 0. The van der Waals surface area contributed by atoms with E-state index in [9.17, 15) is 14.4 Å². The van der Waals surface area contributed by atoms with Gasteiger partial charge < -0.3 is 20.3 Å². The van der Waals surface area contributed by atoms with E-state index in [4.69, 9.17) is 4.74 Å². The first kappa shape index (κ1) is 23.9. The topological polar surface area (TPSA) is 118 Å². The Bertz CT molecular complexity index is 1190. The van der Waals surface area contributed by atoms with Crippen LogP contribution in [0.5, 0.6) is 5.75 Å². The highest BCUT2D eigenvalue weighted by atomic mass is 16.5. The molecule has 2 N–H and O–H groups in total. The maximum atomic E-state index is 13.4. The van der Waals surface area contributed by atoms with E-state index in [1.54, 1.807) is 17.0 Å². The molecule has 1 aromatic heterocycles. The van der Waals surface area contributed by atoms with Gasteiger partial charge in [-0.1, -0.05) is 35.0 Å². The van der Waals surface area contributed by atoms with Crippen LogP contribution in [0.3, 0.4) is 0 Å². The van der Waals surface area contributed by atoms with Gasteiger partial charge in [-0.15, -0.1) is 5.10 Å². The summed E-state index contributed by atoms with van der Waals surface area (Å²) in [4.78, 5) is 40.2. The van der Waals surface area contributed by atoms with Crippen LogP contribution in [0, 0.1) is 6.92 Å². The van der Waals surface area contributed by atoms with Crippen molar-refractivity contribution in [3.05, 3.63) is 71.5 Å². The van der Waals surface area contributed by atoms with Gasteiger partial charge in [0.1, 0.15) is 12.4 Å². The van der Waals surface area contributed by atoms with Crippen LogP contribution in [0.1, 0.15) is 39.3 Å². The second kappa shape index (κ2) is 11.3. The van der Waals surface area contributed by atoms with Gasteiger partial charge in [0.15, 0.2) is 5.69 Å². The van der Waals surface area contributed by atoms with Crippen molar-refractivity contribution < 1.29 is 19.1 Å². The van der Waals surface area contributed by atoms with E-state index in [0.717, 1.165) is 5.56 Å². The number of fused-ring (bicyclic) bond motifs is 1. The van der Waals surface area contributed by atoms with Gasteiger partial charge in [-0.25, -0.2) is 4.68 Å². The van der Waals surface area contributed by atoms with Crippen LogP contribution in [-0.2, 0) is 4.79 Å². The van der Waals surface area contributed by atoms with Crippen LogP contribution in [0.15, 0.2) is 54.7 Å².